The minimum atomic E-state index is -0.426. The fourth-order valence-electron chi connectivity index (χ4n) is 0.641. The molecule has 0 aliphatic rings. The first-order valence-electron chi connectivity index (χ1n) is 4.25. The van der Waals surface area contributed by atoms with E-state index >= 15 is 0 Å². The summed E-state index contributed by atoms with van der Waals surface area (Å²) in [7, 11) is 1.54. The zero-order valence-corrected chi connectivity index (χ0v) is 8.00. The smallest absolute Gasteiger partial charge is 0.433 e. The molecular weight excluding hydrogens is 158 g/mol. The van der Waals surface area contributed by atoms with Gasteiger partial charge in [-0.05, 0) is 13.3 Å². The zero-order chi connectivity index (χ0) is 9.40. The molecule has 0 rings (SSSR count). The van der Waals surface area contributed by atoms with E-state index in [1.807, 2.05) is 13.8 Å². The second kappa shape index (κ2) is 6.91. The van der Waals surface area contributed by atoms with Crippen molar-refractivity contribution in [3.63, 3.8) is 0 Å². The number of hydrogen-bond donors (Lipinski definition) is 0. The Kier molecular flexibility index (Phi) is 6.47. The van der Waals surface area contributed by atoms with Crippen LogP contribution in [0.15, 0.2) is 0 Å². The number of amides is 1. The number of hydroxylamine groups is 2. The second-order valence-electron chi connectivity index (χ2n) is 2.38. The molecule has 4 heteroatoms. The average molecular weight is 175 g/mol. The molecule has 0 bridgehead atoms. The van der Waals surface area contributed by atoms with Crippen molar-refractivity contribution in [2.45, 2.75) is 26.7 Å². The molecule has 72 valence electrons. The van der Waals surface area contributed by atoms with Crippen LogP contribution in [0, 0.1) is 0 Å². The van der Waals surface area contributed by atoms with Gasteiger partial charge in [-0.15, -0.1) is 0 Å². The number of nitrogens with zero attached hydrogens (tertiary/aromatic N) is 1. The van der Waals surface area contributed by atoms with Gasteiger partial charge in [-0.2, -0.15) is 5.06 Å². The van der Waals surface area contributed by atoms with Crippen LogP contribution in [-0.2, 0) is 9.57 Å². The summed E-state index contributed by atoms with van der Waals surface area (Å²) in [5.74, 6) is 0. The summed E-state index contributed by atoms with van der Waals surface area (Å²) in [6.45, 7) is 4.79. The summed E-state index contributed by atoms with van der Waals surface area (Å²) < 4.78 is 4.86. The molecule has 0 spiro atoms. The lowest BCUT2D eigenvalue weighted by Gasteiger charge is -2.14. The van der Waals surface area contributed by atoms with E-state index in [1.165, 1.54) is 7.05 Å². The van der Waals surface area contributed by atoms with E-state index in [0.717, 1.165) is 17.9 Å². The van der Waals surface area contributed by atoms with Gasteiger partial charge < -0.3 is 4.74 Å². The van der Waals surface area contributed by atoms with Crippen LogP contribution in [0.3, 0.4) is 0 Å². The first kappa shape index (κ1) is 11.2. The van der Waals surface area contributed by atoms with Crippen LogP contribution in [0.5, 0.6) is 0 Å². The highest BCUT2D eigenvalue weighted by atomic mass is 16.7. The van der Waals surface area contributed by atoms with E-state index in [2.05, 4.69) is 0 Å². The number of carbonyl (C=O) groups excluding carboxylic acids is 1. The first-order valence-corrected chi connectivity index (χ1v) is 4.25. The summed E-state index contributed by atoms with van der Waals surface area (Å²) in [4.78, 5) is 15.9. The molecule has 4 nitrogen and oxygen atoms in total. The number of hydrogen-bond acceptors (Lipinski definition) is 3. The van der Waals surface area contributed by atoms with Crippen molar-refractivity contribution in [1.82, 2.24) is 5.06 Å². The normalized spacial score (nSPS) is 9.58. The predicted molar refractivity (Wildman–Crippen MR) is 45.6 cm³/mol. The third kappa shape index (κ3) is 4.96. The number of ether oxygens (including phenoxy) is 1. The molecule has 0 heterocycles. The van der Waals surface area contributed by atoms with Gasteiger partial charge in [-0.25, -0.2) is 4.79 Å². The minimum Gasteiger partial charge on any atom is -0.448 e. The summed E-state index contributed by atoms with van der Waals surface area (Å²) in [6, 6.07) is 0. The SMILES string of the molecule is CCCCOC(=O)N(C)OCC. The van der Waals surface area contributed by atoms with E-state index in [-0.39, 0.29) is 0 Å². The van der Waals surface area contributed by atoms with Gasteiger partial charge in [0.1, 0.15) is 0 Å². The molecule has 0 aromatic rings. The largest absolute Gasteiger partial charge is 0.448 e. The molecule has 0 aliphatic carbocycles. The standard InChI is InChI=1S/C8H17NO3/c1-4-6-7-11-8(10)9(3)12-5-2/h4-7H2,1-3H3. The highest BCUT2D eigenvalue weighted by Crippen LogP contribution is 1.94. The molecular formula is C8H17NO3. The Morgan fingerprint density at radius 2 is 2.08 bits per heavy atom. The molecule has 0 atom stereocenters. The topological polar surface area (TPSA) is 38.8 Å². The first-order chi connectivity index (χ1) is 5.72. The van der Waals surface area contributed by atoms with Crippen LogP contribution < -0.4 is 0 Å². The third-order valence-electron chi connectivity index (χ3n) is 1.30. The van der Waals surface area contributed by atoms with Gasteiger partial charge in [0.2, 0.25) is 0 Å². The number of carbonyl (C=O) groups is 1. The molecule has 1 amide bonds. The minimum absolute atomic E-state index is 0.426. The Bertz CT molecular complexity index is 127. The van der Waals surface area contributed by atoms with Crippen molar-refractivity contribution in [3.8, 4) is 0 Å². The van der Waals surface area contributed by atoms with Crippen LogP contribution in [0.2, 0.25) is 0 Å². The van der Waals surface area contributed by atoms with Crippen molar-refractivity contribution in [2.24, 2.45) is 0 Å². The van der Waals surface area contributed by atoms with Crippen molar-refractivity contribution in [3.05, 3.63) is 0 Å². The van der Waals surface area contributed by atoms with Gasteiger partial charge in [0, 0.05) is 7.05 Å². The lowest BCUT2D eigenvalue weighted by Crippen LogP contribution is -2.27. The van der Waals surface area contributed by atoms with Crippen LogP contribution in [-0.4, -0.2) is 31.4 Å². The predicted octanol–water partition coefficient (Wildman–Crippen LogP) is 1.81. The number of rotatable bonds is 5. The Labute approximate surface area is 73.4 Å². The van der Waals surface area contributed by atoms with Crippen LogP contribution in [0.4, 0.5) is 4.79 Å². The quantitative estimate of drug-likeness (QED) is 0.472. The van der Waals surface area contributed by atoms with Crippen LogP contribution >= 0.6 is 0 Å². The molecule has 0 N–H and O–H groups in total. The summed E-state index contributed by atoms with van der Waals surface area (Å²) in [5.41, 5.74) is 0. The van der Waals surface area contributed by atoms with E-state index in [1.54, 1.807) is 0 Å². The highest BCUT2D eigenvalue weighted by Gasteiger charge is 2.08. The van der Waals surface area contributed by atoms with Gasteiger partial charge in [0.15, 0.2) is 0 Å². The zero-order valence-electron chi connectivity index (χ0n) is 8.00. The van der Waals surface area contributed by atoms with Gasteiger partial charge in [0.05, 0.1) is 13.2 Å². The highest BCUT2D eigenvalue weighted by molar-refractivity contribution is 5.65. The lowest BCUT2D eigenvalue weighted by molar-refractivity contribution is -0.114. The molecule has 0 unspecified atom stereocenters. The van der Waals surface area contributed by atoms with Crippen LogP contribution in [0.1, 0.15) is 26.7 Å². The maximum absolute atomic E-state index is 11.0. The maximum atomic E-state index is 11.0. The molecule has 0 aromatic heterocycles. The van der Waals surface area contributed by atoms with Gasteiger partial charge in [0.25, 0.3) is 0 Å². The Balaban J connectivity index is 3.43. The van der Waals surface area contributed by atoms with Crippen molar-refractivity contribution in [1.29, 1.82) is 0 Å². The Morgan fingerprint density at radius 1 is 1.42 bits per heavy atom. The molecule has 0 radical (unpaired) electrons. The molecule has 12 heavy (non-hydrogen) atoms. The van der Waals surface area contributed by atoms with Gasteiger partial charge in [-0.1, -0.05) is 13.3 Å². The molecule has 0 fully saturated rings. The van der Waals surface area contributed by atoms with E-state index in [4.69, 9.17) is 9.57 Å². The van der Waals surface area contributed by atoms with E-state index in [0.29, 0.717) is 13.2 Å². The van der Waals surface area contributed by atoms with Crippen molar-refractivity contribution in [2.75, 3.05) is 20.3 Å². The van der Waals surface area contributed by atoms with Crippen molar-refractivity contribution >= 4 is 6.09 Å². The third-order valence-corrected chi connectivity index (χ3v) is 1.30. The van der Waals surface area contributed by atoms with Crippen LogP contribution in [0.25, 0.3) is 0 Å². The number of unbranched alkanes of at least 4 members (excludes halogenated alkanes) is 1. The van der Waals surface area contributed by atoms with Gasteiger partial charge in [-0.3, -0.25) is 4.84 Å². The Hall–Kier alpha value is -0.770. The van der Waals surface area contributed by atoms with E-state index < -0.39 is 6.09 Å². The summed E-state index contributed by atoms with van der Waals surface area (Å²) in [6.07, 6.45) is 1.49. The maximum Gasteiger partial charge on any atom is 0.433 e. The fourth-order valence-corrected chi connectivity index (χ4v) is 0.641. The summed E-state index contributed by atoms with van der Waals surface area (Å²) in [5, 5.41) is 1.11. The Morgan fingerprint density at radius 3 is 2.58 bits per heavy atom. The average Bonchev–Trinajstić information content (AvgIpc) is 2.05. The van der Waals surface area contributed by atoms with E-state index in [9.17, 15) is 4.79 Å². The molecule has 0 saturated carbocycles. The molecule has 0 aromatic carbocycles. The fraction of sp³-hybridized carbons (Fsp3) is 0.875. The lowest BCUT2D eigenvalue weighted by atomic mass is 10.4. The monoisotopic (exact) mass is 175 g/mol. The van der Waals surface area contributed by atoms with Gasteiger partial charge >= 0.3 is 6.09 Å². The van der Waals surface area contributed by atoms with Crippen molar-refractivity contribution < 1.29 is 14.4 Å². The molecule has 0 saturated heterocycles. The summed E-state index contributed by atoms with van der Waals surface area (Å²) >= 11 is 0. The molecule has 0 aliphatic heterocycles. The second-order valence-corrected chi connectivity index (χ2v) is 2.38.